The summed E-state index contributed by atoms with van der Waals surface area (Å²) in [6.45, 7) is 11.0. The molecule has 1 unspecified atom stereocenters. The van der Waals surface area contributed by atoms with Crippen molar-refractivity contribution < 1.29 is 45.4 Å². The summed E-state index contributed by atoms with van der Waals surface area (Å²) in [6, 6.07) is 8.71. The Kier molecular flexibility index (Phi) is 11.8. The number of urea groups is 1. The summed E-state index contributed by atoms with van der Waals surface area (Å²) in [7, 11) is -1.68. The maximum Gasteiger partial charge on any atom is 0.573 e. The Hall–Kier alpha value is -3.85. The molecule has 1 aliphatic heterocycles. The van der Waals surface area contributed by atoms with E-state index in [4.69, 9.17) is 4.74 Å². The number of aryl methyl sites for hydroxylation is 1. The molecule has 0 spiro atoms. The second-order valence-corrected chi connectivity index (χ2v) is 16.4. The number of alkyl halides is 3. The number of likely N-dealkylation sites (tertiary alicyclic amines) is 1. The Labute approximate surface area is 292 Å². The highest BCUT2D eigenvalue weighted by molar-refractivity contribution is 7.91. The van der Waals surface area contributed by atoms with Crippen molar-refractivity contribution in [2.45, 2.75) is 108 Å². The lowest BCUT2D eigenvalue weighted by atomic mass is 9.81. The predicted molar refractivity (Wildman–Crippen MR) is 182 cm³/mol. The zero-order valence-corrected chi connectivity index (χ0v) is 30.3. The molecular weight excluding hydrogens is 677 g/mol. The molecule has 2 aromatic carbocycles. The molecule has 2 aromatic rings. The number of carbonyl (C=O) groups is 3. The lowest BCUT2D eigenvalue weighted by Crippen LogP contribution is -2.54. The smallest absolute Gasteiger partial charge is 0.443 e. The topological polar surface area (TPSA) is 126 Å². The molecule has 4 amide bonds. The Bertz CT molecular complexity index is 1630. The van der Waals surface area contributed by atoms with Gasteiger partial charge in [0.25, 0.3) is 0 Å². The van der Waals surface area contributed by atoms with E-state index in [1.807, 2.05) is 14.0 Å². The molecule has 0 radical (unpaired) electrons. The van der Waals surface area contributed by atoms with Crippen molar-refractivity contribution >= 4 is 33.6 Å². The third kappa shape index (κ3) is 9.89. The third-order valence-electron chi connectivity index (χ3n) is 9.16. The Morgan fingerprint density at radius 1 is 1.00 bits per heavy atom. The fraction of sp³-hybridized carbons (Fsp3) is 0.571. The molecule has 0 bridgehead atoms. The summed E-state index contributed by atoms with van der Waals surface area (Å²) in [6.07, 6.45) is -3.96. The Morgan fingerprint density at radius 3 is 2.18 bits per heavy atom. The number of hydrogen-bond donors (Lipinski definition) is 1. The molecular formula is C35H47F3N4O7S. The van der Waals surface area contributed by atoms with E-state index in [1.54, 1.807) is 49.9 Å². The number of carbonyl (C=O) groups excluding carboxylic acids is 3. The molecule has 15 heteroatoms. The van der Waals surface area contributed by atoms with Crippen LogP contribution in [-0.4, -0.2) is 91.7 Å². The number of amides is 4. The molecule has 1 aliphatic carbocycles. The van der Waals surface area contributed by atoms with Crippen LogP contribution in [0.3, 0.4) is 0 Å². The number of imide groups is 1. The van der Waals surface area contributed by atoms with Crippen LogP contribution in [0, 0.1) is 12.8 Å². The van der Waals surface area contributed by atoms with Gasteiger partial charge in [-0.1, -0.05) is 17.7 Å². The number of anilines is 1. The maximum atomic E-state index is 13.9. The number of benzene rings is 2. The minimum Gasteiger partial charge on any atom is -0.443 e. The van der Waals surface area contributed by atoms with Gasteiger partial charge in [-0.05, 0) is 117 Å². The standard InChI is InChI=1S/C35H47F3N4O7S/c1-22(2)40(7)26-12-17-30(24(20-26)21-50(46,47)28-15-8-23(3)9-16-28)41-19-18-29(31(41)43)39-32(44)42(33(45)49-34(4,5)6)25-10-13-27(14-11-25)48-35(36,37)38/h8-11,13-16,22,24,26,29-30H,12,17-21H2,1-7H3,(H,39,44)/t24-,26+,29?,30-/m0/s1. The number of rotatable bonds is 9. The first-order valence-electron chi connectivity index (χ1n) is 16.7. The van der Waals surface area contributed by atoms with Crippen LogP contribution in [-0.2, 0) is 19.4 Å². The van der Waals surface area contributed by atoms with Crippen LogP contribution in [0.2, 0.25) is 0 Å². The van der Waals surface area contributed by atoms with E-state index in [2.05, 4.69) is 28.8 Å². The molecule has 4 atom stereocenters. The average Bonchev–Trinajstić information content (AvgIpc) is 3.35. The van der Waals surface area contributed by atoms with Crippen LogP contribution < -0.4 is 15.0 Å². The van der Waals surface area contributed by atoms with Crippen LogP contribution in [0.25, 0.3) is 0 Å². The largest absolute Gasteiger partial charge is 0.573 e. The summed E-state index contributed by atoms with van der Waals surface area (Å²) in [5.74, 6) is -1.49. The van der Waals surface area contributed by atoms with Crippen molar-refractivity contribution in [2.75, 3.05) is 24.2 Å². The quantitative estimate of drug-likeness (QED) is 0.320. The maximum absolute atomic E-state index is 13.9. The van der Waals surface area contributed by atoms with E-state index in [0.29, 0.717) is 17.7 Å². The van der Waals surface area contributed by atoms with Gasteiger partial charge in [0, 0.05) is 24.7 Å². The molecule has 11 nitrogen and oxygen atoms in total. The Morgan fingerprint density at radius 2 is 1.62 bits per heavy atom. The summed E-state index contributed by atoms with van der Waals surface area (Å²) < 4.78 is 74.8. The molecule has 4 rings (SSSR count). The second kappa shape index (κ2) is 15.2. The number of nitrogens with one attached hydrogen (secondary N) is 1. The van der Waals surface area contributed by atoms with Crippen LogP contribution >= 0.6 is 0 Å². The zero-order chi connectivity index (χ0) is 37.2. The molecule has 50 heavy (non-hydrogen) atoms. The van der Waals surface area contributed by atoms with E-state index >= 15 is 0 Å². The van der Waals surface area contributed by atoms with E-state index in [1.165, 1.54) is 0 Å². The fourth-order valence-corrected chi connectivity index (χ4v) is 8.18. The molecule has 0 aromatic heterocycles. The fourth-order valence-electron chi connectivity index (χ4n) is 6.52. The second-order valence-electron chi connectivity index (χ2n) is 14.3. The summed E-state index contributed by atoms with van der Waals surface area (Å²) in [5.41, 5.74) is -0.195. The van der Waals surface area contributed by atoms with Gasteiger partial charge in [-0.3, -0.25) is 4.79 Å². The van der Waals surface area contributed by atoms with Gasteiger partial charge in [0.2, 0.25) is 5.91 Å². The molecule has 1 saturated heterocycles. The van der Waals surface area contributed by atoms with Crippen molar-refractivity contribution in [2.24, 2.45) is 5.92 Å². The van der Waals surface area contributed by atoms with Crippen molar-refractivity contribution in [3.05, 3.63) is 54.1 Å². The minimum absolute atomic E-state index is 0.109. The van der Waals surface area contributed by atoms with Crippen LogP contribution in [0.5, 0.6) is 5.75 Å². The minimum atomic E-state index is -4.94. The number of ether oxygens (including phenoxy) is 2. The summed E-state index contributed by atoms with van der Waals surface area (Å²) >= 11 is 0. The predicted octanol–water partition coefficient (Wildman–Crippen LogP) is 6.30. The lowest BCUT2D eigenvalue weighted by molar-refractivity contribution is -0.274. The molecule has 1 heterocycles. The highest BCUT2D eigenvalue weighted by Gasteiger charge is 2.45. The van der Waals surface area contributed by atoms with Gasteiger partial charge in [0.05, 0.1) is 16.3 Å². The lowest BCUT2D eigenvalue weighted by Gasteiger charge is -2.44. The number of hydrogen-bond acceptors (Lipinski definition) is 8. The van der Waals surface area contributed by atoms with E-state index in [9.17, 15) is 36.0 Å². The van der Waals surface area contributed by atoms with Crippen molar-refractivity contribution in [1.82, 2.24) is 15.1 Å². The average molecular weight is 725 g/mol. The van der Waals surface area contributed by atoms with E-state index in [0.717, 1.165) is 36.2 Å². The zero-order valence-electron chi connectivity index (χ0n) is 29.5. The van der Waals surface area contributed by atoms with Gasteiger partial charge in [0.1, 0.15) is 17.4 Å². The van der Waals surface area contributed by atoms with E-state index in [-0.39, 0.29) is 47.3 Å². The molecule has 1 saturated carbocycles. The normalized spacial score (nSPS) is 21.8. The number of halogens is 3. The first kappa shape index (κ1) is 38.9. The molecule has 2 fully saturated rings. The number of nitrogens with zero attached hydrogens (tertiary/aromatic N) is 3. The highest BCUT2D eigenvalue weighted by atomic mass is 32.2. The summed E-state index contributed by atoms with van der Waals surface area (Å²) in [5, 5.41) is 2.61. The molecule has 276 valence electrons. The SMILES string of the molecule is Cc1ccc(S(=O)(=O)C[C@@H]2C[C@H](N(C)C(C)C)CC[C@@H]2N2CCC(NC(=O)N(C(=O)OC(C)(C)C)c3ccc(OC(F)(F)F)cc3)C2=O)cc1. The first-order chi connectivity index (χ1) is 23.1. The van der Waals surface area contributed by atoms with Gasteiger partial charge in [-0.25, -0.2) is 18.0 Å². The van der Waals surface area contributed by atoms with Crippen LogP contribution in [0.4, 0.5) is 28.4 Å². The van der Waals surface area contributed by atoms with Gasteiger partial charge in [-0.15, -0.1) is 13.2 Å². The van der Waals surface area contributed by atoms with Crippen LogP contribution in [0.1, 0.15) is 65.9 Å². The monoisotopic (exact) mass is 724 g/mol. The highest BCUT2D eigenvalue weighted by Crippen LogP contribution is 2.36. The van der Waals surface area contributed by atoms with E-state index < -0.39 is 57.7 Å². The van der Waals surface area contributed by atoms with Gasteiger partial charge < -0.3 is 24.6 Å². The van der Waals surface area contributed by atoms with Crippen molar-refractivity contribution in [3.8, 4) is 5.75 Å². The van der Waals surface area contributed by atoms with Crippen molar-refractivity contribution in [1.29, 1.82) is 0 Å². The molecule has 2 aliphatic rings. The molecule has 1 N–H and O–H groups in total. The first-order valence-corrected chi connectivity index (χ1v) is 18.3. The van der Waals surface area contributed by atoms with Crippen LogP contribution in [0.15, 0.2) is 53.4 Å². The van der Waals surface area contributed by atoms with Gasteiger partial charge in [-0.2, -0.15) is 4.90 Å². The number of sulfone groups is 1. The Balaban J connectivity index is 1.55. The van der Waals surface area contributed by atoms with Gasteiger partial charge in [0.15, 0.2) is 9.84 Å². The van der Waals surface area contributed by atoms with Crippen molar-refractivity contribution in [3.63, 3.8) is 0 Å². The third-order valence-corrected chi connectivity index (χ3v) is 11.0. The summed E-state index contributed by atoms with van der Waals surface area (Å²) in [4.78, 5) is 45.5. The van der Waals surface area contributed by atoms with Gasteiger partial charge >= 0.3 is 18.5 Å².